The molecular formula is C10H14. The first kappa shape index (κ1) is 7.33. The predicted molar refractivity (Wildman–Crippen MR) is 45.8 cm³/mol. The molecule has 0 amide bonds. The minimum absolute atomic E-state index is 0.758. The molecule has 0 fully saturated rings. The first-order valence-electron chi connectivity index (χ1n) is 3.80. The fourth-order valence-electron chi connectivity index (χ4n) is 1.18. The third-order valence-electron chi connectivity index (χ3n) is 1.73. The maximum Gasteiger partial charge on any atom is -0.0256 e. The van der Waals surface area contributed by atoms with Gasteiger partial charge in [-0.2, -0.15) is 0 Å². The summed E-state index contributed by atoms with van der Waals surface area (Å²) >= 11 is 0. The first-order valence-corrected chi connectivity index (χ1v) is 3.80. The van der Waals surface area contributed by atoms with Crippen LogP contribution in [0.2, 0.25) is 0 Å². The second kappa shape index (κ2) is 3.40. The van der Waals surface area contributed by atoms with E-state index in [9.17, 15) is 0 Å². The fourth-order valence-corrected chi connectivity index (χ4v) is 1.18. The van der Waals surface area contributed by atoms with Gasteiger partial charge in [0.1, 0.15) is 0 Å². The average molecular weight is 134 g/mol. The van der Waals surface area contributed by atoms with Gasteiger partial charge in [-0.15, -0.1) is 0 Å². The van der Waals surface area contributed by atoms with Crippen molar-refractivity contribution in [1.29, 1.82) is 0 Å². The standard InChI is InChI=1S/C10H14/c1-9-6-4-3-5-7-10(2)8-9/h3-6,10H,1,7-8H2,2H3/b5-3-,6-4-. The largest absolute Gasteiger partial charge is 0.0958 e. The van der Waals surface area contributed by atoms with Crippen LogP contribution in [0.25, 0.3) is 0 Å². The van der Waals surface area contributed by atoms with Gasteiger partial charge in [-0.05, 0) is 18.8 Å². The molecule has 0 aromatic heterocycles. The van der Waals surface area contributed by atoms with Gasteiger partial charge in [0.05, 0.1) is 0 Å². The SMILES string of the molecule is C=C1/C=C\C=C/CC(C)C1. The summed E-state index contributed by atoms with van der Waals surface area (Å²) in [6.07, 6.45) is 10.8. The van der Waals surface area contributed by atoms with Crippen molar-refractivity contribution < 1.29 is 0 Å². The molecule has 0 N–H and O–H groups in total. The van der Waals surface area contributed by atoms with E-state index in [-0.39, 0.29) is 0 Å². The highest BCUT2D eigenvalue weighted by Crippen LogP contribution is 2.16. The molecule has 1 atom stereocenters. The predicted octanol–water partition coefficient (Wildman–Crippen LogP) is 3.08. The molecule has 1 rings (SSSR count). The highest BCUT2D eigenvalue weighted by atomic mass is 14.1. The molecule has 0 saturated carbocycles. The molecule has 0 heterocycles. The molecular weight excluding hydrogens is 120 g/mol. The van der Waals surface area contributed by atoms with Crippen LogP contribution in [-0.2, 0) is 0 Å². The van der Waals surface area contributed by atoms with Crippen LogP contribution in [0.1, 0.15) is 19.8 Å². The van der Waals surface area contributed by atoms with Crippen molar-refractivity contribution in [2.24, 2.45) is 5.92 Å². The Bertz CT molecular complexity index is 172. The summed E-state index contributed by atoms with van der Waals surface area (Å²) in [6, 6.07) is 0. The van der Waals surface area contributed by atoms with E-state index >= 15 is 0 Å². The topological polar surface area (TPSA) is 0 Å². The molecule has 0 bridgehead atoms. The molecule has 0 spiro atoms. The second-order valence-corrected chi connectivity index (χ2v) is 2.99. The zero-order valence-corrected chi connectivity index (χ0v) is 6.51. The molecule has 54 valence electrons. The normalized spacial score (nSPS) is 32.5. The molecule has 0 aromatic carbocycles. The lowest BCUT2D eigenvalue weighted by Gasteiger charge is -2.09. The lowest BCUT2D eigenvalue weighted by atomic mass is 9.97. The number of hydrogen-bond donors (Lipinski definition) is 0. The Kier molecular flexibility index (Phi) is 2.49. The van der Waals surface area contributed by atoms with Crippen LogP contribution in [0, 0.1) is 5.92 Å². The van der Waals surface area contributed by atoms with E-state index in [4.69, 9.17) is 0 Å². The summed E-state index contributed by atoms with van der Waals surface area (Å²) in [7, 11) is 0. The minimum atomic E-state index is 0.758. The average Bonchev–Trinajstić information content (AvgIpc) is 1.83. The van der Waals surface area contributed by atoms with Crippen LogP contribution in [0.15, 0.2) is 36.5 Å². The smallest absolute Gasteiger partial charge is 0.0256 e. The van der Waals surface area contributed by atoms with Gasteiger partial charge in [-0.3, -0.25) is 0 Å². The van der Waals surface area contributed by atoms with E-state index in [1.165, 1.54) is 12.0 Å². The number of allylic oxidation sites excluding steroid dienone is 5. The van der Waals surface area contributed by atoms with Crippen molar-refractivity contribution in [3.63, 3.8) is 0 Å². The Hall–Kier alpha value is -0.780. The highest BCUT2D eigenvalue weighted by molar-refractivity contribution is 5.21. The Balaban J connectivity index is 2.61. The van der Waals surface area contributed by atoms with Crippen LogP contribution in [0.3, 0.4) is 0 Å². The van der Waals surface area contributed by atoms with Crippen molar-refractivity contribution in [2.45, 2.75) is 19.8 Å². The number of rotatable bonds is 0. The van der Waals surface area contributed by atoms with E-state index in [1.54, 1.807) is 0 Å². The molecule has 10 heavy (non-hydrogen) atoms. The molecule has 1 unspecified atom stereocenters. The lowest BCUT2D eigenvalue weighted by Crippen LogP contribution is -1.94. The zero-order chi connectivity index (χ0) is 7.40. The molecule has 0 aromatic rings. The summed E-state index contributed by atoms with van der Waals surface area (Å²) < 4.78 is 0. The minimum Gasteiger partial charge on any atom is -0.0958 e. The molecule has 0 nitrogen and oxygen atoms in total. The van der Waals surface area contributed by atoms with Crippen LogP contribution in [0.5, 0.6) is 0 Å². The van der Waals surface area contributed by atoms with Gasteiger partial charge in [0.15, 0.2) is 0 Å². The van der Waals surface area contributed by atoms with Gasteiger partial charge in [0.25, 0.3) is 0 Å². The van der Waals surface area contributed by atoms with Crippen molar-refractivity contribution in [3.05, 3.63) is 36.5 Å². The van der Waals surface area contributed by atoms with Gasteiger partial charge < -0.3 is 0 Å². The van der Waals surface area contributed by atoms with Crippen molar-refractivity contribution in [2.75, 3.05) is 0 Å². The van der Waals surface area contributed by atoms with E-state index in [2.05, 4.69) is 37.8 Å². The fraction of sp³-hybridized carbons (Fsp3) is 0.400. The van der Waals surface area contributed by atoms with Gasteiger partial charge in [0.2, 0.25) is 0 Å². The Morgan fingerprint density at radius 3 is 3.10 bits per heavy atom. The molecule has 0 saturated heterocycles. The molecule has 0 heteroatoms. The van der Waals surface area contributed by atoms with Crippen molar-refractivity contribution >= 4 is 0 Å². The van der Waals surface area contributed by atoms with Gasteiger partial charge >= 0.3 is 0 Å². The van der Waals surface area contributed by atoms with E-state index < -0.39 is 0 Å². The zero-order valence-electron chi connectivity index (χ0n) is 6.51. The van der Waals surface area contributed by atoms with Gasteiger partial charge in [-0.1, -0.05) is 43.4 Å². The molecule has 1 aliphatic rings. The van der Waals surface area contributed by atoms with E-state index in [0.29, 0.717) is 0 Å². The summed E-state index contributed by atoms with van der Waals surface area (Å²) in [5.41, 5.74) is 1.25. The molecule has 0 radical (unpaired) electrons. The Morgan fingerprint density at radius 1 is 1.50 bits per heavy atom. The first-order chi connectivity index (χ1) is 4.79. The van der Waals surface area contributed by atoms with E-state index in [0.717, 1.165) is 12.3 Å². The third kappa shape index (κ3) is 2.22. The maximum absolute atomic E-state index is 3.95. The maximum atomic E-state index is 3.95. The van der Waals surface area contributed by atoms with E-state index in [1.807, 2.05) is 0 Å². The molecule has 1 aliphatic carbocycles. The monoisotopic (exact) mass is 134 g/mol. The number of hydrogen-bond acceptors (Lipinski definition) is 0. The van der Waals surface area contributed by atoms with Gasteiger partial charge in [-0.25, -0.2) is 0 Å². The molecule has 0 aliphatic heterocycles. The second-order valence-electron chi connectivity index (χ2n) is 2.99. The van der Waals surface area contributed by atoms with Gasteiger partial charge in [0, 0.05) is 0 Å². The van der Waals surface area contributed by atoms with Crippen LogP contribution in [0.4, 0.5) is 0 Å². The highest BCUT2D eigenvalue weighted by Gasteiger charge is 2.01. The van der Waals surface area contributed by atoms with Crippen LogP contribution in [-0.4, -0.2) is 0 Å². The lowest BCUT2D eigenvalue weighted by molar-refractivity contribution is 0.591. The Labute approximate surface area is 62.9 Å². The summed E-state index contributed by atoms with van der Waals surface area (Å²) in [6.45, 7) is 6.20. The van der Waals surface area contributed by atoms with Crippen LogP contribution < -0.4 is 0 Å². The Morgan fingerprint density at radius 2 is 2.30 bits per heavy atom. The van der Waals surface area contributed by atoms with Crippen LogP contribution >= 0.6 is 0 Å². The summed E-state index contributed by atoms with van der Waals surface area (Å²) in [4.78, 5) is 0. The van der Waals surface area contributed by atoms with Crippen molar-refractivity contribution in [1.82, 2.24) is 0 Å². The third-order valence-corrected chi connectivity index (χ3v) is 1.73. The summed E-state index contributed by atoms with van der Waals surface area (Å²) in [5, 5.41) is 0. The summed E-state index contributed by atoms with van der Waals surface area (Å²) in [5.74, 6) is 0.758. The van der Waals surface area contributed by atoms with Crippen molar-refractivity contribution in [3.8, 4) is 0 Å². The quantitative estimate of drug-likeness (QED) is 0.477.